The van der Waals surface area contributed by atoms with Gasteiger partial charge in [-0.1, -0.05) is 26.7 Å². The molecule has 0 amide bonds. The molecule has 0 spiro atoms. The van der Waals surface area contributed by atoms with E-state index in [1.54, 1.807) is 0 Å². The van der Waals surface area contributed by atoms with Crippen LogP contribution >= 0.6 is 0 Å². The van der Waals surface area contributed by atoms with Crippen LogP contribution < -0.4 is 0 Å². The Kier molecular flexibility index (Phi) is 3.65. The highest BCUT2D eigenvalue weighted by molar-refractivity contribution is 4.83. The van der Waals surface area contributed by atoms with Crippen LogP contribution in [0.25, 0.3) is 0 Å². The van der Waals surface area contributed by atoms with Crippen molar-refractivity contribution in [1.82, 2.24) is 0 Å². The zero-order valence-corrected chi connectivity index (χ0v) is 8.39. The van der Waals surface area contributed by atoms with Crippen LogP contribution in [-0.2, 0) is 14.6 Å². The van der Waals surface area contributed by atoms with Gasteiger partial charge in [0.05, 0.1) is 0 Å². The van der Waals surface area contributed by atoms with Crippen LogP contribution in [0, 0.1) is 10.1 Å². The molecule has 6 heteroatoms. The second kappa shape index (κ2) is 4.56. The summed E-state index contributed by atoms with van der Waals surface area (Å²) in [5.41, 5.74) is 0. The summed E-state index contributed by atoms with van der Waals surface area (Å²) in [5, 5.41) is 9.45. The molecule has 0 radical (unpaired) electrons. The molecule has 1 unspecified atom stereocenters. The first-order chi connectivity index (χ1) is 6.64. The van der Waals surface area contributed by atoms with E-state index in [1.807, 2.05) is 13.8 Å². The summed E-state index contributed by atoms with van der Waals surface area (Å²) in [6, 6.07) is 0. The minimum atomic E-state index is -0.863. The summed E-state index contributed by atoms with van der Waals surface area (Å²) >= 11 is 0. The van der Waals surface area contributed by atoms with Gasteiger partial charge in [-0.3, -0.25) is 0 Å². The Bertz CT molecular complexity index is 204. The van der Waals surface area contributed by atoms with Crippen molar-refractivity contribution in [1.29, 1.82) is 0 Å². The highest BCUT2D eigenvalue weighted by Crippen LogP contribution is 2.41. The summed E-state index contributed by atoms with van der Waals surface area (Å²) in [5.74, 6) is -0.863. The molecule has 0 aromatic heterocycles. The van der Waals surface area contributed by atoms with Gasteiger partial charge in [-0.2, -0.15) is 9.78 Å². The Balaban J connectivity index is 2.52. The molecule has 0 saturated carbocycles. The van der Waals surface area contributed by atoms with Crippen LogP contribution in [0.2, 0.25) is 0 Å². The maximum atomic E-state index is 10.2. The Morgan fingerprint density at radius 3 is 2.43 bits per heavy atom. The van der Waals surface area contributed by atoms with Crippen LogP contribution in [0.4, 0.5) is 0 Å². The lowest BCUT2D eigenvalue weighted by molar-refractivity contribution is -0.771. The van der Waals surface area contributed by atoms with Gasteiger partial charge in [0.1, 0.15) is 0 Å². The van der Waals surface area contributed by atoms with Crippen molar-refractivity contribution in [3.63, 3.8) is 0 Å². The van der Waals surface area contributed by atoms with Crippen LogP contribution in [0.3, 0.4) is 0 Å². The van der Waals surface area contributed by atoms with Crippen molar-refractivity contribution in [2.24, 2.45) is 0 Å². The highest BCUT2D eigenvalue weighted by atomic mass is 17.4. The number of hydrogen-bond acceptors (Lipinski definition) is 5. The van der Waals surface area contributed by atoms with Gasteiger partial charge in [-0.25, -0.2) is 0 Å². The second-order valence-electron chi connectivity index (χ2n) is 3.33. The lowest BCUT2D eigenvalue weighted by Gasteiger charge is -2.16. The molecule has 0 aromatic carbocycles. The third kappa shape index (κ3) is 2.55. The molecule has 0 N–H and O–H groups in total. The van der Waals surface area contributed by atoms with Crippen molar-refractivity contribution in [2.75, 3.05) is 0 Å². The van der Waals surface area contributed by atoms with Gasteiger partial charge in [0.15, 0.2) is 6.10 Å². The van der Waals surface area contributed by atoms with Crippen LogP contribution in [0.1, 0.15) is 39.5 Å². The second-order valence-corrected chi connectivity index (χ2v) is 3.33. The maximum Gasteiger partial charge on any atom is 0.294 e. The molecule has 1 saturated heterocycles. The minimum Gasteiger partial charge on any atom is -0.305 e. The van der Waals surface area contributed by atoms with Gasteiger partial charge in [-0.05, 0) is 6.42 Å². The summed E-state index contributed by atoms with van der Waals surface area (Å²) < 4.78 is 0. The fraction of sp³-hybridized carbons (Fsp3) is 1.00. The van der Waals surface area contributed by atoms with E-state index in [2.05, 4.69) is 4.84 Å². The molecule has 1 aliphatic heterocycles. The van der Waals surface area contributed by atoms with E-state index in [0.717, 1.165) is 12.8 Å². The zero-order valence-electron chi connectivity index (χ0n) is 8.39. The monoisotopic (exact) mass is 205 g/mol. The normalized spacial score (nSPS) is 20.1. The molecule has 0 bridgehead atoms. The fourth-order valence-electron chi connectivity index (χ4n) is 1.47. The van der Waals surface area contributed by atoms with Gasteiger partial charge in [-0.15, -0.1) is 10.1 Å². The molecule has 1 heterocycles. The van der Waals surface area contributed by atoms with E-state index in [0.29, 0.717) is 12.8 Å². The Labute approximate surface area is 82.2 Å². The average Bonchev–Trinajstić information content (AvgIpc) is 2.85. The predicted molar refractivity (Wildman–Crippen MR) is 46.6 cm³/mol. The summed E-state index contributed by atoms with van der Waals surface area (Å²) in [6.07, 6.45) is 2.19. The van der Waals surface area contributed by atoms with E-state index >= 15 is 0 Å². The smallest absolute Gasteiger partial charge is 0.294 e. The highest BCUT2D eigenvalue weighted by Gasteiger charge is 2.56. The van der Waals surface area contributed by atoms with Crippen LogP contribution in [0.5, 0.6) is 0 Å². The first kappa shape index (κ1) is 11.2. The Morgan fingerprint density at radius 2 is 2.07 bits per heavy atom. The van der Waals surface area contributed by atoms with E-state index in [9.17, 15) is 10.1 Å². The molecular formula is C8H15NO5. The molecule has 0 aliphatic carbocycles. The topological polar surface area (TPSA) is 77.4 Å². The lowest BCUT2D eigenvalue weighted by atomic mass is 10.0. The molecule has 14 heavy (non-hydrogen) atoms. The maximum absolute atomic E-state index is 10.2. The first-order valence-corrected chi connectivity index (χ1v) is 4.82. The molecule has 1 atom stereocenters. The number of hydrogen-bond donors (Lipinski definition) is 0. The van der Waals surface area contributed by atoms with Crippen molar-refractivity contribution in [3.8, 4) is 0 Å². The Morgan fingerprint density at radius 1 is 1.43 bits per heavy atom. The average molecular weight is 205 g/mol. The van der Waals surface area contributed by atoms with Crippen molar-refractivity contribution < 1.29 is 19.7 Å². The molecule has 1 aliphatic rings. The zero-order chi connectivity index (χ0) is 10.6. The van der Waals surface area contributed by atoms with Crippen molar-refractivity contribution in [2.45, 2.75) is 51.4 Å². The fourth-order valence-corrected chi connectivity index (χ4v) is 1.47. The van der Waals surface area contributed by atoms with Gasteiger partial charge in [0, 0.05) is 6.42 Å². The largest absolute Gasteiger partial charge is 0.305 e. The predicted octanol–water partition coefficient (Wildman–Crippen LogP) is 1.82. The standard InChI is InChI=1S/C8H15NO5/c1-3-5-7(12-9(10)11)8(6-4-2)13-14-8/h7H,3-6H2,1-2H3. The van der Waals surface area contributed by atoms with Crippen LogP contribution in [0.15, 0.2) is 0 Å². The molecule has 1 fully saturated rings. The number of nitrogens with zero attached hydrogens (tertiary/aromatic N) is 1. The molecule has 1 rings (SSSR count). The van der Waals surface area contributed by atoms with E-state index in [4.69, 9.17) is 9.78 Å². The van der Waals surface area contributed by atoms with Crippen molar-refractivity contribution >= 4 is 0 Å². The van der Waals surface area contributed by atoms with E-state index in [-0.39, 0.29) is 0 Å². The minimum absolute atomic E-state index is 0.557. The molecule has 82 valence electrons. The molecule has 6 nitrogen and oxygen atoms in total. The quantitative estimate of drug-likeness (QED) is 0.274. The molecule has 0 aromatic rings. The summed E-state index contributed by atoms with van der Waals surface area (Å²) in [6.45, 7) is 3.89. The number of rotatable bonds is 7. The lowest BCUT2D eigenvalue weighted by Crippen LogP contribution is -2.34. The van der Waals surface area contributed by atoms with Crippen molar-refractivity contribution in [3.05, 3.63) is 10.1 Å². The van der Waals surface area contributed by atoms with E-state index in [1.165, 1.54) is 0 Å². The summed E-state index contributed by atoms with van der Waals surface area (Å²) in [7, 11) is 0. The van der Waals surface area contributed by atoms with Crippen LogP contribution in [-0.4, -0.2) is 17.0 Å². The van der Waals surface area contributed by atoms with Gasteiger partial charge >= 0.3 is 0 Å². The molecular weight excluding hydrogens is 190 g/mol. The van der Waals surface area contributed by atoms with Gasteiger partial charge in [0.25, 0.3) is 10.9 Å². The summed E-state index contributed by atoms with van der Waals surface area (Å²) in [4.78, 5) is 24.4. The van der Waals surface area contributed by atoms with Gasteiger partial charge in [0.2, 0.25) is 0 Å². The Hall–Kier alpha value is -0.880. The first-order valence-electron chi connectivity index (χ1n) is 4.82. The SMILES string of the molecule is CCCC(O[N+](=O)[O-])C1(CCC)OO1. The van der Waals surface area contributed by atoms with E-state index < -0.39 is 17.0 Å². The van der Waals surface area contributed by atoms with Gasteiger partial charge < -0.3 is 4.84 Å². The third-order valence-corrected chi connectivity index (χ3v) is 2.15. The third-order valence-electron chi connectivity index (χ3n) is 2.15.